The zero-order valence-electron chi connectivity index (χ0n) is 15.2. The highest BCUT2D eigenvalue weighted by Crippen LogP contribution is 2.19. The lowest BCUT2D eigenvalue weighted by Crippen LogP contribution is -2.44. The van der Waals surface area contributed by atoms with E-state index in [1.54, 1.807) is 24.3 Å². The highest BCUT2D eigenvalue weighted by Gasteiger charge is 2.14. The highest BCUT2D eigenvalue weighted by atomic mass is 35.5. The number of hydrogen-bond donors (Lipinski definition) is 2. The van der Waals surface area contributed by atoms with E-state index in [0.29, 0.717) is 16.4 Å². The molecule has 1 aliphatic heterocycles. The number of carbonyl (C=O) groups is 2. The molecule has 1 saturated heterocycles. The largest absolute Gasteiger partial charge is 0.369 e. The average Bonchev–Trinajstić information content (AvgIpc) is 2.63. The Morgan fingerprint density at radius 2 is 1.56 bits per heavy atom. The molecule has 0 atom stereocenters. The molecule has 0 aromatic heterocycles. The number of benzene rings is 2. The van der Waals surface area contributed by atoms with Crippen LogP contribution in [0.1, 0.15) is 6.42 Å². The fourth-order valence-electron chi connectivity index (χ4n) is 2.94. The second-order valence-corrected chi connectivity index (χ2v) is 7.06. The van der Waals surface area contributed by atoms with Gasteiger partial charge in [0.05, 0.1) is 0 Å². The molecule has 142 valence electrons. The summed E-state index contributed by atoms with van der Waals surface area (Å²) in [5.74, 6) is -0.745. The number of nitrogens with one attached hydrogen (secondary N) is 2. The van der Waals surface area contributed by atoms with E-state index in [-0.39, 0.29) is 18.2 Å². The number of rotatable bonds is 5. The van der Waals surface area contributed by atoms with Crippen LogP contribution in [0, 0.1) is 0 Å². The lowest BCUT2D eigenvalue weighted by Gasteiger charge is -2.34. The van der Waals surface area contributed by atoms with Crippen molar-refractivity contribution < 1.29 is 9.59 Å². The van der Waals surface area contributed by atoms with Crippen LogP contribution in [0.15, 0.2) is 48.5 Å². The van der Waals surface area contributed by atoms with Gasteiger partial charge < -0.3 is 20.4 Å². The maximum absolute atomic E-state index is 12.1. The van der Waals surface area contributed by atoms with Crippen LogP contribution >= 0.6 is 11.6 Å². The van der Waals surface area contributed by atoms with Gasteiger partial charge in [-0.2, -0.15) is 0 Å². The normalized spacial score (nSPS) is 14.7. The van der Waals surface area contributed by atoms with Gasteiger partial charge in [0.15, 0.2) is 0 Å². The van der Waals surface area contributed by atoms with E-state index in [4.69, 9.17) is 11.6 Å². The number of anilines is 3. The Kier molecular flexibility index (Phi) is 6.32. The van der Waals surface area contributed by atoms with Gasteiger partial charge in [-0.3, -0.25) is 9.59 Å². The van der Waals surface area contributed by atoms with Crippen molar-refractivity contribution in [2.75, 3.05) is 48.8 Å². The van der Waals surface area contributed by atoms with Crippen LogP contribution < -0.4 is 15.5 Å². The first kappa shape index (κ1) is 19.2. The minimum Gasteiger partial charge on any atom is -0.369 e. The zero-order chi connectivity index (χ0) is 19.2. The third kappa shape index (κ3) is 5.70. The molecular formula is C20H23ClN4O2. The third-order valence-electron chi connectivity index (χ3n) is 4.45. The molecule has 1 fully saturated rings. The molecule has 2 aromatic carbocycles. The molecule has 2 amide bonds. The lowest BCUT2D eigenvalue weighted by atomic mass is 10.2. The van der Waals surface area contributed by atoms with Crippen LogP contribution in [-0.4, -0.2) is 49.9 Å². The Morgan fingerprint density at radius 1 is 0.926 bits per heavy atom. The molecule has 0 spiro atoms. The number of carbonyl (C=O) groups excluding carboxylic acids is 2. The zero-order valence-corrected chi connectivity index (χ0v) is 16.0. The van der Waals surface area contributed by atoms with Gasteiger partial charge in [-0.05, 0) is 49.5 Å². The monoisotopic (exact) mass is 386 g/mol. The third-order valence-corrected chi connectivity index (χ3v) is 4.68. The van der Waals surface area contributed by atoms with E-state index in [1.807, 2.05) is 24.3 Å². The van der Waals surface area contributed by atoms with Gasteiger partial charge in [0.2, 0.25) is 11.8 Å². The molecule has 1 heterocycles. The molecular weight excluding hydrogens is 364 g/mol. The number of piperazine rings is 1. The second-order valence-electron chi connectivity index (χ2n) is 6.62. The van der Waals surface area contributed by atoms with E-state index < -0.39 is 0 Å². The van der Waals surface area contributed by atoms with Crippen LogP contribution in [-0.2, 0) is 9.59 Å². The van der Waals surface area contributed by atoms with Crippen molar-refractivity contribution in [2.24, 2.45) is 0 Å². The van der Waals surface area contributed by atoms with Crippen LogP contribution in [0.2, 0.25) is 5.02 Å². The molecule has 2 aromatic rings. The first-order valence-electron chi connectivity index (χ1n) is 8.88. The summed E-state index contributed by atoms with van der Waals surface area (Å²) in [7, 11) is 2.12. The standard InChI is InChI=1S/C20H23ClN4O2/c1-24-9-11-25(12-10-24)18-7-5-16(6-8-18)22-19(26)14-20(27)23-17-4-2-3-15(21)13-17/h2-8,13H,9-12,14H2,1H3,(H,22,26)(H,23,27). The summed E-state index contributed by atoms with van der Waals surface area (Å²) in [5, 5.41) is 5.94. The lowest BCUT2D eigenvalue weighted by molar-refractivity contribution is -0.123. The summed E-state index contributed by atoms with van der Waals surface area (Å²) in [6, 6.07) is 14.5. The smallest absolute Gasteiger partial charge is 0.233 e. The summed E-state index contributed by atoms with van der Waals surface area (Å²) >= 11 is 5.88. The number of nitrogens with zero attached hydrogens (tertiary/aromatic N) is 2. The summed E-state index contributed by atoms with van der Waals surface area (Å²) in [6.07, 6.45) is -0.257. The van der Waals surface area contributed by atoms with E-state index in [1.165, 1.54) is 0 Å². The Bertz CT molecular complexity index is 802. The van der Waals surface area contributed by atoms with Crippen LogP contribution in [0.5, 0.6) is 0 Å². The minimum absolute atomic E-state index is 0.257. The topological polar surface area (TPSA) is 64.7 Å². The van der Waals surface area contributed by atoms with Gasteiger partial charge in [-0.25, -0.2) is 0 Å². The summed E-state index contributed by atoms with van der Waals surface area (Å²) in [6.45, 7) is 4.07. The minimum atomic E-state index is -0.385. The van der Waals surface area contributed by atoms with Gasteiger partial charge in [0.1, 0.15) is 6.42 Å². The van der Waals surface area contributed by atoms with Gasteiger partial charge in [0, 0.05) is 48.3 Å². The predicted octanol–water partition coefficient (Wildman–Crippen LogP) is 3.06. The molecule has 27 heavy (non-hydrogen) atoms. The van der Waals surface area contributed by atoms with Crippen LogP contribution in [0.3, 0.4) is 0 Å². The van der Waals surface area contributed by atoms with Crippen molar-refractivity contribution in [1.82, 2.24) is 4.90 Å². The Balaban J connectivity index is 1.49. The molecule has 2 N–H and O–H groups in total. The predicted molar refractivity (Wildman–Crippen MR) is 109 cm³/mol. The summed E-state index contributed by atoms with van der Waals surface area (Å²) in [4.78, 5) is 28.7. The van der Waals surface area contributed by atoms with E-state index >= 15 is 0 Å². The molecule has 0 unspecified atom stereocenters. The van der Waals surface area contributed by atoms with E-state index in [9.17, 15) is 9.59 Å². The van der Waals surface area contributed by atoms with Crippen molar-refractivity contribution in [3.63, 3.8) is 0 Å². The fourth-order valence-corrected chi connectivity index (χ4v) is 3.13. The molecule has 6 nitrogen and oxygen atoms in total. The fraction of sp³-hybridized carbons (Fsp3) is 0.300. The molecule has 3 rings (SSSR count). The molecule has 0 radical (unpaired) electrons. The van der Waals surface area contributed by atoms with Crippen molar-refractivity contribution in [2.45, 2.75) is 6.42 Å². The van der Waals surface area contributed by atoms with Crippen LogP contribution in [0.4, 0.5) is 17.1 Å². The van der Waals surface area contributed by atoms with Crippen molar-refractivity contribution in [1.29, 1.82) is 0 Å². The van der Waals surface area contributed by atoms with Gasteiger partial charge in [-0.15, -0.1) is 0 Å². The Hall–Kier alpha value is -2.57. The van der Waals surface area contributed by atoms with Gasteiger partial charge in [-0.1, -0.05) is 17.7 Å². The second kappa shape index (κ2) is 8.88. The molecule has 0 aliphatic carbocycles. The number of amides is 2. The molecule has 0 saturated carbocycles. The van der Waals surface area contributed by atoms with E-state index in [2.05, 4.69) is 27.5 Å². The van der Waals surface area contributed by atoms with Gasteiger partial charge >= 0.3 is 0 Å². The van der Waals surface area contributed by atoms with Crippen molar-refractivity contribution in [3.05, 3.63) is 53.6 Å². The highest BCUT2D eigenvalue weighted by molar-refractivity contribution is 6.30. The molecule has 1 aliphatic rings. The Labute approximate surface area is 164 Å². The number of halogens is 1. The van der Waals surface area contributed by atoms with Crippen molar-refractivity contribution >= 4 is 40.5 Å². The quantitative estimate of drug-likeness (QED) is 0.775. The maximum Gasteiger partial charge on any atom is 0.233 e. The molecule has 7 heteroatoms. The average molecular weight is 387 g/mol. The van der Waals surface area contributed by atoms with E-state index in [0.717, 1.165) is 31.9 Å². The van der Waals surface area contributed by atoms with Gasteiger partial charge in [0.25, 0.3) is 0 Å². The Morgan fingerprint density at radius 3 is 2.19 bits per heavy atom. The number of hydrogen-bond acceptors (Lipinski definition) is 4. The first-order valence-corrected chi connectivity index (χ1v) is 9.26. The van der Waals surface area contributed by atoms with Crippen molar-refractivity contribution in [3.8, 4) is 0 Å². The maximum atomic E-state index is 12.1. The summed E-state index contributed by atoms with van der Waals surface area (Å²) < 4.78 is 0. The SMILES string of the molecule is CN1CCN(c2ccc(NC(=O)CC(=O)Nc3cccc(Cl)c3)cc2)CC1. The van der Waals surface area contributed by atoms with Crippen LogP contribution in [0.25, 0.3) is 0 Å². The molecule has 0 bridgehead atoms. The summed E-state index contributed by atoms with van der Waals surface area (Å²) in [5.41, 5.74) is 2.38. The number of likely N-dealkylation sites (N-methyl/N-ethyl adjacent to an activating group) is 1. The first-order chi connectivity index (χ1) is 13.0.